The van der Waals surface area contributed by atoms with Crippen LogP contribution in [0.4, 0.5) is 5.82 Å². The first-order chi connectivity index (χ1) is 7.93. The molecule has 17 heavy (non-hydrogen) atoms. The van der Waals surface area contributed by atoms with Crippen molar-refractivity contribution in [2.75, 3.05) is 19.0 Å². The SMILES string of the molecule is COC(=O)CCNc1ccc(S(N)(=O)=O)cn1. The summed E-state index contributed by atoms with van der Waals surface area (Å²) in [6, 6.07) is 2.81. The van der Waals surface area contributed by atoms with E-state index in [0.29, 0.717) is 12.4 Å². The fourth-order valence-electron chi connectivity index (χ4n) is 1.05. The van der Waals surface area contributed by atoms with E-state index in [1.54, 1.807) is 0 Å². The number of sulfonamides is 1. The lowest BCUT2D eigenvalue weighted by molar-refractivity contribution is -0.140. The first-order valence-corrected chi connectivity index (χ1v) is 6.27. The van der Waals surface area contributed by atoms with E-state index in [9.17, 15) is 13.2 Å². The number of pyridine rings is 1. The predicted molar refractivity (Wildman–Crippen MR) is 60.7 cm³/mol. The van der Waals surface area contributed by atoms with Gasteiger partial charge >= 0.3 is 5.97 Å². The summed E-state index contributed by atoms with van der Waals surface area (Å²) in [5, 5.41) is 7.76. The molecule has 0 unspecified atom stereocenters. The molecule has 0 atom stereocenters. The first-order valence-electron chi connectivity index (χ1n) is 4.73. The van der Waals surface area contributed by atoms with Crippen LogP contribution in [0.2, 0.25) is 0 Å². The maximum absolute atomic E-state index is 10.9. The number of primary sulfonamides is 1. The Kier molecular flexibility index (Phi) is 4.41. The molecule has 1 heterocycles. The van der Waals surface area contributed by atoms with Gasteiger partial charge in [0.2, 0.25) is 10.0 Å². The average molecular weight is 259 g/mol. The second-order valence-corrected chi connectivity index (χ2v) is 4.74. The molecule has 1 rings (SSSR count). The Bertz CT molecular complexity index is 483. The molecule has 0 spiro atoms. The molecule has 0 aliphatic rings. The molecule has 0 radical (unpaired) electrons. The number of carbonyl (C=O) groups is 1. The van der Waals surface area contributed by atoms with Crippen molar-refractivity contribution in [3.63, 3.8) is 0 Å². The minimum absolute atomic E-state index is 0.0592. The van der Waals surface area contributed by atoms with Crippen LogP contribution >= 0.6 is 0 Å². The van der Waals surface area contributed by atoms with Gasteiger partial charge < -0.3 is 10.1 Å². The van der Waals surface area contributed by atoms with E-state index in [-0.39, 0.29) is 17.3 Å². The number of aromatic nitrogens is 1. The zero-order valence-electron chi connectivity index (χ0n) is 9.21. The molecule has 94 valence electrons. The normalized spacial score (nSPS) is 10.9. The van der Waals surface area contributed by atoms with Gasteiger partial charge in [-0.1, -0.05) is 0 Å². The molecule has 0 aliphatic heterocycles. The molecule has 0 amide bonds. The maximum atomic E-state index is 10.9. The molecular formula is C9H13N3O4S. The van der Waals surface area contributed by atoms with Gasteiger partial charge in [-0.05, 0) is 12.1 Å². The molecule has 0 aliphatic carbocycles. The van der Waals surface area contributed by atoms with Gasteiger partial charge in [-0.3, -0.25) is 4.79 Å². The molecule has 0 saturated carbocycles. The molecule has 7 nitrogen and oxygen atoms in total. The lowest BCUT2D eigenvalue weighted by Crippen LogP contribution is -2.13. The minimum atomic E-state index is -3.72. The van der Waals surface area contributed by atoms with Crippen molar-refractivity contribution >= 4 is 21.8 Å². The van der Waals surface area contributed by atoms with Crippen molar-refractivity contribution < 1.29 is 17.9 Å². The van der Waals surface area contributed by atoms with E-state index in [0.717, 1.165) is 6.20 Å². The van der Waals surface area contributed by atoms with E-state index in [4.69, 9.17) is 5.14 Å². The van der Waals surface area contributed by atoms with Crippen LogP contribution in [0.3, 0.4) is 0 Å². The monoisotopic (exact) mass is 259 g/mol. The summed E-state index contributed by atoms with van der Waals surface area (Å²) in [7, 11) is -2.41. The molecule has 3 N–H and O–H groups in total. The van der Waals surface area contributed by atoms with E-state index in [1.165, 1.54) is 19.2 Å². The summed E-state index contributed by atoms with van der Waals surface area (Å²) in [5.41, 5.74) is 0. The van der Waals surface area contributed by atoms with Crippen LogP contribution < -0.4 is 10.5 Å². The number of anilines is 1. The topological polar surface area (TPSA) is 111 Å². The number of nitrogens with two attached hydrogens (primary N) is 1. The van der Waals surface area contributed by atoms with E-state index >= 15 is 0 Å². The maximum Gasteiger partial charge on any atom is 0.307 e. The molecule has 1 aromatic rings. The van der Waals surface area contributed by atoms with Crippen molar-refractivity contribution in [1.29, 1.82) is 0 Å². The van der Waals surface area contributed by atoms with Crippen LogP contribution in [0.5, 0.6) is 0 Å². The highest BCUT2D eigenvalue weighted by Crippen LogP contribution is 2.08. The number of methoxy groups -OCH3 is 1. The number of nitrogens with zero attached hydrogens (tertiary/aromatic N) is 1. The Morgan fingerprint density at radius 3 is 2.71 bits per heavy atom. The highest BCUT2D eigenvalue weighted by molar-refractivity contribution is 7.89. The van der Waals surface area contributed by atoms with Gasteiger partial charge in [0, 0.05) is 12.7 Å². The van der Waals surface area contributed by atoms with Crippen LogP contribution in [0.25, 0.3) is 0 Å². The molecule has 0 fully saturated rings. The molecule has 0 bridgehead atoms. The fraction of sp³-hybridized carbons (Fsp3) is 0.333. The predicted octanol–water partition coefficient (Wildman–Crippen LogP) is -0.296. The smallest absolute Gasteiger partial charge is 0.307 e. The van der Waals surface area contributed by atoms with Crippen molar-refractivity contribution in [2.24, 2.45) is 5.14 Å². The van der Waals surface area contributed by atoms with Crippen LogP contribution in [0.15, 0.2) is 23.2 Å². The van der Waals surface area contributed by atoms with Crippen molar-refractivity contribution in [3.05, 3.63) is 18.3 Å². The van der Waals surface area contributed by atoms with Crippen molar-refractivity contribution in [3.8, 4) is 0 Å². The highest BCUT2D eigenvalue weighted by Gasteiger charge is 2.07. The van der Waals surface area contributed by atoms with Gasteiger partial charge in [0.25, 0.3) is 0 Å². The number of hydrogen-bond acceptors (Lipinski definition) is 6. The first kappa shape index (κ1) is 13.4. The zero-order chi connectivity index (χ0) is 12.9. The Morgan fingerprint density at radius 2 is 2.24 bits per heavy atom. The third-order valence-electron chi connectivity index (χ3n) is 1.93. The van der Waals surface area contributed by atoms with Gasteiger partial charge in [0.15, 0.2) is 0 Å². The zero-order valence-corrected chi connectivity index (χ0v) is 10.0. The van der Waals surface area contributed by atoms with Gasteiger partial charge in [-0.15, -0.1) is 0 Å². The summed E-state index contributed by atoms with van der Waals surface area (Å²) in [4.78, 5) is 14.6. The molecule has 0 aromatic carbocycles. The fourth-order valence-corrected chi connectivity index (χ4v) is 1.51. The van der Waals surface area contributed by atoms with Gasteiger partial charge in [0.05, 0.1) is 13.5 Å². The molecule has 1 aromatic heterocycles. The summed E-state index contributed by atoms with van der Waals surface area (Å²) in [6.07, 6.45) is 1.35. The number of rotatable bonds is 5. The summed E-state index contributed by atoms with van der Waals surface area (Å²) in [5.74, 6) is 0.125. The third kappa shape index (κ3) is 4.37. The molecule has 0 saturated heterocycles. The summed E-state index contributed by atoms with van der Waals surface area (Å²) in [6.45, 7) is 0.356. The minimum Gasteiger partial charge on any atom is -0.469 e. The average Bonchev–Trinajstić information content (AvgIpc) is 2.28. The third-order valence-corrected chi connectivity index (χ3v) is 2.83. The van der Waals surface area contributed by atoms with Crippen LogP contribution in [0, 0.1) is 0 Å². The number of hydrogen-bond donors (Lipinski definition) is 2. The molecule has 8 heteroatoms. The van der Waals surface area contributed by atoms with E-state index < -0.39 is 10.0 Å². The number of carbonyl (C=O) groups excluding carboxylic acids is 1. The number of esters is 1. The second kappa shape index (κ2) is 5.60. The van der Waals surface area contributed by atoms with Gasteiger partial charge in [-0.25, -0.2) is 18.5 Å². The summed E-state index contributed by atoms with van der Waals surface area (Å²) < 4.78 is 26.3. The van der Waals surface area contributed by atoms with Gasteiger partial charge in [-0.2, -0.15) is 0 Å². The Morgan fingerprint density at radius 1 is 1.53 bits per heavy atom. The largest absolute Gasteiger partial charge is 0.469 e. The Balaban J connectivity index is 2.55. The van der Waals surface area contributed by atoms with Gasteiger partial charge in [0.1, 0.15) is 10.7 Å². The van der Waals surface area contributed by atoms with Crippen LogP contribution in [-0.4, -0.2) is 33.0 Å². The Hall–Kier alpha value is -1.67. The van der Waals surface area contributed by atoms with E-state index in [2.05, 4.69) is 15.0 Å². The van der Waals surface area contributed by atoms with Crippen LogP contribution in [-0.2, 0) is 19.6 Å². The highest BCUT2D eigenvalue weighted by atomic mass is 32.2. The van der Waals surface area contributed by atoms with Crippen molar-refractivity contribution in [2.45, 2.75) is 11.3 Å². The Labute approximate surface area is 99.0 Å². The van der Waals surface area contributed by atoms with Crippen LogP contribution in [0.1, 0.15) is 6.42 Å². The summed E-state index contributed by atoms with van der Waals surface area (Å²) >= 11 is 0. The van der Waals surface area contributed by atoms with E-state index in [1.807, 2.05) is 0 Å². The quantitative estimate of drug-likeness (QED) is 0.702. The second-order valence-electron chi connectivity index (χ2n) is 3.18. The number of ether oxygens (including phenoxy) is 1. The molecular weight excluding hydrogens is 246 g/mol. The standard InChI is InChI=1S/C9H13N3O4S/c1-16-9(13)4-5-11-8-3-2-7(6-12-8)17(10,14)15/h2-3,6H,4-5H2,1H3,(H,11,12)(H2,10,14,15). The number of nitrogens with one attached hydrogen (secondary N) is 1. The lowest BCUT2D eigenvalue weighted by atomic mass is 10.4. The van der Waals surface area contributed by atoms with Crippen molar-refractivity contribution in [1.82, 2.24) is 4.98 Å². The lowest BCUT2D eigenvalue weighted by Gasteiger charge is -2.05.